The summed E-state index contributed by atoms with van der Waals surface area (Å²) in [6.45, 7) is 2.83. The number of nitrogens with zero attached hydrogens (tertiary/aromatic N) is 5. The van der Waals surface area contributed by atoms with Gasteiger partial charge in [0.2, 0.25) is 0 Å². The molecule has 0 amide bonds. The van der Waals surface area contributed by atoms with Gasteiger partial charge in [-0.25, -0.2) is 15.0 Å². The maximum Gasteiger partial charge on any atom is 0.281 e. The molecule has 0 aliphatic carbocycles. The number of nitrogens with one attached hydrogen (secondary N) is 1. The third-order valence-corrected chi connectivity index (χ3v) is 6.10. The Morgan fingerprint density at radius 1 is 1.33 bits per heavy atom. The first-order valence-corrected chi connectivity index (χ1v) is 9.30. The summed E-state index contributed by atoms with van der Waals surface area (Å²) in [5.41, 5.74) is 1.60. The standard InChI is InChI=1S/C15H22N6O2S/c1-11-18-13(9-14(19-11)15-16-6-7-17-15)12-5-4-8-21(10-12)24(22,23)20(2)3/h6-7,9,12H,4-5,8,10H2,1-3H3,(H,16,17). The van der Waals surface area contributed by atoms with E-state index < -0.39 is 10.2 Å². The van der Waals surface area contributed by atoms with Crippen molar-refractivity contribution in [2.75, 3.05) is 27.2 Å². The molecule has 1 fully saturated rings. The number of hydrogen-bond acceptors (Lipinski definition) is 5. The number of piperidine rings is 1. The molecule has 1 N–H and O–H groups in total. The second-order valence-electron chi connectivity index (χ2n) is 6.15. The molecule has 2 aromatic rings. The third-order valence-electron chi connectivity index (χ3n) is 4.19. The van der Waals surface area contributed by atoms with Gasteiger partial charge in [0, 0.05) is 51.2 Å². The SMILES string of the molecule is Cc1nc(-c2ncc[nH]2)cc(C2CCCN(S(=O)(=O)N(C)C)C2)n1. The van der Waals surface area contributed by atoms with E-state index in [1.807, 2.05) is 13.0 Å². The van der Waals surface area contributed by atoms with Crippen molar-refractivity contribution in [2.24, 2.45) is 0 Å². The lowest BCUT2D eigenvalue weighted by molar-refractivity contribution is 0.296. The molecule has 1 aliphatic rings. The summed E-state index contributed by atoms with van der Waals surface area (Å²) in [5, 5.41) is 0. The van der Waals surface area contributed by atoms with E-state index in [0.717, 1.165) is 24.2 Å². The molecule has 0 spiro atoms. The van der Waals surface area contributed by atoms with Crippen LogP contribution in [-0.4, -0.2) is 64.1 Å². The Labute approximate surface area is 142 Å². The molecule has 3 heterocycles. The van der Waals surface area contributed by atoms with Gasteiger partial charge in [0.15, 0.2) is 5.82 Å². The normalized spacial score (nSPS) is 19.8. The molecule has 3 rings (SSSR count). The average molecular weight is 350 g/mol. The topological polar surface area (TPSA) is 95.1 Å². The Bertz CT molecular complexity index is 803. The summed E-state index contributed by atoms with van der Waals surface area (Å²) in [5.74, 6) is 1.41. The minimum absolute atomic E-state index is 0.0592. The summed E-state index contributed by atoms with van der Waals surface area (Å²) in [4.78, 5) is 16.2. The van der Waals surface area contributed by atoms with Crippen LogP contribution in [0, 0.1) is 6.92 Å². The van der Waals surface area contributed by atoms with Gasteiger partial charge in [-0.1, -0.05) is 0 Å². The van der Waals surface area contributed by atoms with Crippen LogP contribution in [-0.2, 0) is 10.2 Å². The summed E-state index contributed by atoms with van der Waals surface area (Å²) in [7, 11) is -0.283. The molecule has 0 bridgehead atoms. The van der Waals surface area contributed by atoms with Crippen molar-refractivity contribution in [3.8, 4) is 11.5 Å². The van der Waals surface area contributed by atoms with Gasteiger partial charge in [-0.3, -0.25) is 0 Å². The van der Waals surface area contributed by atoms with Gasteiger partial charge >= 0.3 is 0 Å². The maximum atomic E-state index is 12.4. The molecular weight excluding hydrogens is 328 g/mol. The molecule has 0 radical (unpaired) electrons. The molecule has 1 aliphatic heterocycles. The fraction of sp³-hybridized carbons (Fsp3) is 0.533. The lowest BCUT2D eigenvalue weighted by atomic mass is 9.95. The minimum Gasteiger partial charge on any atom is -0.343 e. The van der Waals surface area contributed by atoms with Crippen molar-refractivity contribution in [3.05, 3.63) is 30.0 Å². The van der Waals surface area contributed by atoms with Crippen LogP contribution >= 0.6 is 0 Å². The number of aromatic nitrogens is 4. The lowest BCUT2D eigenvalue weighted by Crippen LogP contribution is -2.45. The molecule has 130 valence electrons. The molecule has 2 aromatic heterocycles. The van der Waals surface area contributed by atoms with E-state index in [1.165, 1.54) is 8.61 Å². The second kappa shape index (κ2) is 6.58. The molecule has 9 heteroatoms. The number of H-pyrrole nitrogens is 1. The quantitative estimate of drug-likeness (QED) is 0.893. The Balaban J connectivity index is 1.89. The van der Waals surface area contributed by atoms with Crippen LogP contribution in [0.1, 0.15) is 30.3 Å². The molecular formula is C15H22N6O2S. The van der Waals surface area contributed by atoms with Gasteiger partial charge < -0.3 is 4.98 Å². The average Bonchev–Trinajstić information content (AvgIpc) is 3.09. The second-order valence-corrected chi connectivity index (χ2v) is 8.29. The predicted molar refractivity (Wildman–Crippen MR) is 90.5 cm³/mol. The smallest absolute Gasteiger partial charge is 0.281 e. The highest BCUT2D eigenvalue weighted by Crippen LogP contribution is 2.29. The van der Waals surface area contributed by atoms with Crippen molar-refractivity contribution >= 4 is 10.2 Å². The van der Waals surface area contributed by atoms with Crippen LogP contribution in [0.15, 0.2) is 18.5 Å². The minimum atomic E-state index is -3.40. The van der Waals surface area contributed by atoms with E-state index in [1.54, 1.807) is 26.5 Å². The fourth-order valence-corrected chi connectivity index (χ4v) is 4.14. The van der Waals surface area contributed by atoms with Crippen molar-refractivity contribution in [1.29, 1.82) is 0 Å². The fourth-order valence-electron chi connectivity index (χ4n) is 2.95. The Kier molecular flexibility index (Phi) is 4.66. The predicted octanol–water partition coefficient (Wildman–Crippen LogP) is 1.16. The number of rotatable bonds is 4. The van der Waals surface area contributed by atoms with Gasteiger partial charge in [0.1, 0.15) is 11.5 Å². The molecule has 1 unspecified atom stereocenters. The summed E-state index contributed by atoms with van der Waals surface area (Å²) in [6, 6.07) is 1.91. The number of aromatic amines is 1. The molecule has 1 atom stereocenters. The van der Waals surface area contributed by atoms with Crippen LogP contribution in [0.4, 0.5) is 0 Å². The van der Waals surface area contributed by atoms with E-state index in [2.05, 4.69) is 19.9 Å². The van der Waals surface area contributed by atoms with Gasteiger partial charge in [0.05, 0.1) is 0 Å². The van der Waals surface area contributed by atoms with E-state index in [9.17, 15) is 8.42 Å². The Morgan fingerprint density at radius 3 is 2.79 bits per heavy atom. The van der Waals surface area contributed by atoms with Crippen molar-refractivity contribution < 1.29 is 8.42 Å². The first-order valence-electron chi connectivity index (χ1n) is 7.91. The third kappa shape index (κ3) is 3.33. The number of imidazole rings is 1. The molecule has 1 saturated heterocycles. The van der Waals surface area contributed by atoms with Crippen molar-refractivity contribution in [3.63, 3.8) is 0 Å². The summed E-state index contributed by atoms with van der Waals surface area (Å²) < 4.78 is 27.6. The Hall–Kier alpha value is -1.84. The van der Waals surface area contributed by atoms with Crippen LogP contribution in [0.25, 0.3) is 11.5 Å². The van der Waals surface area contributed by atoms with E-state index in [0.29, 0.717) is 24.7 Å². The molecule has 8 nitrogen and oxygen atoms in total. The van der Waals surface area contributed by atoms with Gasteiger partial charge in [-0.2, -0.15) is 17.0 Å². The summed E-state index contributed by atoms with van der Waals surface area (Å²) in [6.07, 6.45) is 5.15. The largest absolute Gasteiger partial charge is 0.343 e. The van der Waals surface area contributed by atoms with Gasteiger partial charge in [-0.15, -0.1) is 0 Å². The van der Waals surface area contributed by atoms with Crippen LogP contribution < -0.4 is 0 Å². The Morgan fingerprint density at radius 2 is 2.12 bits per heavy atom. The van der Waals surface area contributed by atoms with Gasteiger partial charge in [-0.05, 0) is 25.8 Å². The maximum absolute atomic E-state index is 12.4. The summed E-state index contributed by atoms with van der Waals surface area (Å²) >= 11 is 0. The van der Waals surface area contributed by atoms with E-state index >= 15 is 0 Å². The zero-order valence-electron chi connectivity index (χ0n) is 14.1. The van der Waals surface area contributed by atoms with Crippen LogP contribution in [0.3, 0.4) is 0 Å². The first kappa shape index (κ1) is 17.0. The highest BCUT2D eigenvalue weighted by atomic mass is 32.2. The highest BCUT2D eigenvalue weighted by Gasteiger charge is 2.32. The van der Waals surface area contributed by atoms with Crippen LogP contribution in [0.5, 0.6) is 0 Å². The molecule has 0 aromatic carbocycles. The number of aryl methyl sites for hydroxylation is 1. The zero-order valence-corrected chi connectivity index (χ0v) is 14.9. The number of hydrogen-bond donors (Lipinski definition) is 1. The highest BCUT2D eigenvalue weighted by molar-refractivity contribution is 7.86. The van der Waals surface area contributed by atoms with Crippen molar-refractivity contribution in [1.82, 2.24) is 28.5 Å². The van der Waals surface area contributed by atoms with E-state index in [-0.39, 0.29) is 5.92 Å². The van der Waals surface area contributed by atoms with Crippen LogP contribution in [0.2, 0.25) is 0 Å². The lowest BCUT2D eigenvalue weighted by Gasteiger charge is -2.33. The molecule has 24 heavy (non-hydrogen) atoms. The van der Waals surface area contributed by atoms with E-state index in [4.69, 9.17) is 0 Å². The zero-order chi connectivity index (χ0) is 17.3. The first-order chi connectivity index (χ1) is 11.4. The monoisotopic (exact) mass is 350 g/mol. The van der Waals surface area contributed by atoms with Gasteiger partial charge in [0.25, 0.3) is 10.2 Å². The van der Waals surface area contributed by atoms with Crippen molar-refractivity contribution in [2.45, 2.75) is 25.7 Å². The molecule has 0 saturated carbocycles.